The van der Waals surface area contributed by atoms with Gasteiger partial charge >= 0.3 is 0 Å². The van der Waals surface area contributed by atoms with Crippen molar-refractivity contribution >= 4 is 52.1 Å². The van der Waals surface area contributed by atoms with Crippen LogP contribution >= 0.6 is 34.8 Å². The van der Waals surface area contributed by atoms with E-state index in [4.69, 9.17) is 45.3 Å². The number of nitrogen functional groups attached to an aromatic ring is 1. The molecule has 2 atom stereocenters. The van der Waals surface area contributed by atoms with Gasteiger partial charge in [-0.25, -0.2) is 0 Å². The molecule has 2 fully saturated rings. The summed E-state index contributed by atoms with van der Waals surface area (Å²) in [7, 11) is 0. The van der Waals surface area contributed by atoms with Crippen LogP contribution in [0, 0.1) is 0 Å². The molecule has 0 radical (unpaired) electrons. The Bertz CT molecular complexity index is 1160. The zero-order valence-corrected chi connectivity index (χ0v) is 23.0. The molecule has 0 spiro atoms. The molecule has 196 valence electrons. The molecule has 37 heavy (non-hydrogen) atoms. The highest BCUT2D eigenvalue weighted by Gasteiger charge is 2.32. The monoisotopic (exact) mass is 560 g/mol. The van der Waals surface area contributed by atoms with Gasteiger partial charge in [0.25, 0.3) is 0 Å². The summed E-state index contributed by atoms with van der Waals surface area (Å²) in [5.74, 6) is 1.22. The summed E-state index contributed by atoms with van der Waals surface area (Å²) in [6.07, 6.45) is 2.27. The van der Waals surface area contributed by atoms with Crippen molar-refractivity contribution in [3.05, 3.63) is 75.0 Å². The highest BCUT2D eigenvalue weighted by atomic mass is 35.5. The Hall–Kier alpha value is -2.29. The fourth-order valence-corrected chi connectivity index (χ4v) is 5.66. The van der Waals surface area contributed by atoms with Crippen LogP contribution in [0.4, 0.5) is 17.3 Å². The molecule has 2 unspecified atom stereocenters. The minimum Gasteiger partial charge on any atom is -0.393 e. The standard InChI is InChI=1S/C27H31Cl3N6O/c1-17-16-35(24(18-4-8-20(28)9-5-18)19-6-10-21(29)11-7-19)12-13-36(17)26-23(31)25(33-27(30)34-26)32-15-22-3-2-14-37-22/h4-11,17,22,24H,2-3,12-16,31H2,1H3,(H,32,33,34). The van der Waals surface area contributed by atoms with Gasteiger partial charge in [-0.3, -0.25) is 4.90 Å². The van der Waals surface area contributed by atoms with Crippen molar-refractivity contribution in [3.63, 3.8) is 0 Å². The fourth-order valence-electron chi connectivity index (χ4n) is 5.24. The van der Waals surface area contributed by atoms with E-state index in [1.54, 1.807) is 0 Å². The van der Waals surface area contributed by atoms with E-state index in [-0.39, 0.29) is 23.5 Å². The topological polar surface area (TPSA) is 79.5 Å². The average Bonchev–Trinajstić information content (AvgIpc) is 3.41. The van der Waals surface area contributed by atoms with Crippen LogP contribution < -0.4 is 16.0 Å². The molecule has 5 rings (SSSR count). The third kappa shape index (κ3) is 6.07. The van der Waals surface area contributed by atoms with Gasteiger partial charge in [0.2, 0.25) is 5.28 Å². The van der Waals surface area contributed by atoms with Gasteiger partial charge in [0.05, 0.1) is 12.1 Å². The van der Waals surface area contributed by atoms with Gasteiger partial charge in [0, 0.05) is 48.9 Å². The summed E-state index contributed by atoms with van der Waals surface area (Å²) in [4.78, 5) is 13.6. The predicted molar refractivity (Wildman–Crippen MR) is 152 cm³/mol. The number of rotatable bonds is 7. The number of hydrogen-bond acceptors (Lipinski definition) is 7. The van der Waals surface area contributed by atoms with Crippen molar-refractivity contribution in [2.45, 2.75) is 38.0 Å². The van der Waals surface area contributed by atoms with Crippen molar-refractivity contribution in [2.24, 2.45) is 0 Å². The number of ether oxygens (including phenoxy) is 1. The highest BCUT2D eigenvalue weighted by Crippen LogP contribution is 2.35. The second-order valence-corrected chi connectivity index (χ2v) is 10.8. The van der Waals surface area contributed by atoms with Crippen LogP contribution in [0.15, 0.2) is 48.5 Å². The number of anilines is 3. The second kappa shape index (κ2) is 11.6. The smallest absolute Gasteiger partial charge is 0.226 e. The molecule has 0 aliphatic carbocycles. The first-order chi connectivity index (χ1) is 17.9. The molecule has 2 saturated heterocycles. The molecule has 10 heteroatoms. The molecule has 2 aromatic carbocycles. The van der Waals surface area contributed by atoms with Crippen molar-refractivity contribution in [1.82, 2.24) is 14.9 Å². The van der Waals surface area contributed by atoms with Crippen molar-refractivity contribution in [2.75, 3.05) is 48.7 Å². The lowest BCUT2D eigenvalue weighted by molar-refractivity contribution is 0.120. The average molecular weight is 562 g/mol. The first-order valence-electron chi connectivity index (χ1n) is 12.6. The van der Waals surface area contributed by atoms with E-state index in [2.05, 4.69) is 56.3 Å². The van der Waals surface area contributed by atoms with Crippen LogP contribution in [0.3, 0.4) is 0 Å². The summed E-state index contributed by atoms with van der Waals surface area (Å²) in [6, 6.07) is 16.3. The minimum atomic E-state index is 0.0640. The number of nitrogens with zero attached hydrogens (tertiary/aromatic N) is 4. The number of hydrogen-bond donors (Lipinski definition) is 2. The van der Waals surface area contributed by atoms with Crippen molar-refractivity contribution in [1.29, 1.82) is 0 Å². The van der Waals surface area contributed by atoms with Gasteiger partial charge in [-0.15, -0.1) is 0 Å². The van der Waals surface area contributed by atoms with Gasteiger partial charge in [0.15, 0.2) is 11.6 Å². The number of halogens is 3. The lowest BCUT2D eigenvalue weighted by Crippen LogP contribution is -2.53. The van der Waals surface area contributed by atoms with Gasteiger partial charge < -0.3 is 20.7 Å². The Labute approximate surface area is 232 Å². The molecule has 3 aromatic rings. The number of nitrogens with two attached hydrogens (primary N) is 1. The fraction of sp³-hybridized carbons (Fsp3) is 0.407. The molecule has 0 bridgehead atoms. The first-order valence-corrected chi connectivity index (χ1v) is 13.7. The van der Waals surface area contributed by atoms with E-state index >= 15 is 0 Å². The molecule has 2 aliphatic rings. The summed E-state index contributed by atoms with van der Waals surface area (Å²) in [5.41, 5.74) is 9.43. The minimum absolute atomic E-state index is 0.0640. The molecule has 2 aliphatic heterocycles. The molecule has 3 N–H and O–H groups in total. The molecular formula is C27H31Cl3N6O. The molecule has 1 aromatic heterocycles. The first kappa shape index (κ1) is 26.3. The Balaban J connectivity index is 1.37. The summed E-state index contributed by atoms with van der Waals surface area (Å²) >= 11 is 18.7. The predicted octanol–water partition coefficient (Wildman–Crippen LogP) is 5.91. The lowest BCUT2D eigenvalue weighted by atomic mass is 9.95. The third-order valence-electron chi connectivity index (χ3n) is 7.09. The van der Waals surface area contributed by atoms with Crippen LogP contribution in [0.25, 0.3) is 0 Å². The van der Waals surface area contributed by atoms with E-state index in [0.29, 0.717) is 23.9 Å². The second-order valence-electron chi connectivity index (χ2n) is 9.64. The van der Waals surface area contributed by atoms with E-state index in [1.807, 2.05) is 24.3 Å². The van der Waals surface area contributed by atoms with E-state index in [9.17, 15) is 0 Å². The number of piperazine rings is 1. The maximum atomic E-state index is 6.57. The van der Waals surface area contributed by atoms with Crippen LogP contribution in [0.1, 0.15) is 36.9 Å². The number of benzene rings is 2. The highest BCUT2D eigenvalue weighted by molar-refractivity contribution is 6.30. The normalized spacial score (nSPS) is 20.5. The number of nitrogens with one attached hydrogen (secondary N) is 1. The summed E-state index contributed by atoms with van der Waals surface area (Å²) in [6.45, 7) is 5.97. The zero-order chi connectivity index (χ0) is 25.9. The van der Waals surface area contributed by atoms with Gasteiger partial charge in [-0.05, 0) is 66.8 Å². The van der Waals surface area contributed by atoms with E-state index in [0.717, 1.165) is 49.1 Å². The van der Waals surface area contributed by atoms with Crippen LogP contribution in [-0.4, -0.2) is 59.8 Å². The Kier molecular flexibility index (Phi) is 8.27. The Morgan fingerprint density at radius 1 is 1.00 bits per heavy atom. The molecule has 7 nitrogen and oxygen atoms in total. The maximum absolute atomic E-state index is 6.57. The van der Waals surface area contributed by atoms with Crippen LogP contribution in [-0.2, 0) is 4.74 Å². The van der Waals surface area contributed by atoms with Crippen LogP contribution in [0.5, 0.6) is 0 Å². The summed E-state index contributed by atoms with van der Waals surface area (Å²) < 4.78 is 5.72. The van der Waals surface area contributed by atoms with Crippen molar-refractivity contribution in [3.8, 4) is 0 Å². The molecule has 0 amide bonds. The van der Waals surface area contributed by atoms with E-state index < -0.39 is 0 Å². The molecular weight excluding hydrogens is 531 g/mol. The van der Waals surface area contributed by atoms with E-state index in [1.165, 1.54) is 11.1 Å². The lowest BCUT2D eigenvalue weighted by Gasteiger charge is -2.44. The quantitative estimate of drug-likeness (QED) is 0.347. The Morgan fingerprint density at radius 2 is 1.65 bits per heavy atom. The SMILES string of the molecule is CC1CN(C(c2ccc(Cl)cc2)c2ccc(Cl)cc2)CCN1c1nc(Cl)nc(NCC2CCCO2)c1N. The molecule has 0 saturated carbocycles. The van der Waals surface area contributed by atoms with Crippen LogP contribution in [0.2, 0.25) is 15.3 Å². The summed E-state index contributed by atoms with van der Waals surface area (Å²) in [5, 5.41) is 4.94. The molecule has 3 heterocycles. The zero-order valence-electron chi connectivity index (χ0n) is 20.7. The van der Waals surface area contributed by atoms with Gasteiger partial charge in [-0.1, -0.05) is 47.5 Å². The van der Waals surface area contributed by atoms with Gasteiger partial charge in [0.1, 0.15) is 5.69 Å². The largest absolute Gasteiger partial charge is 0.393 e. The number of aromatic nitrogens is 2. The Morgan fingerprint density at radius 3 is 2.22 bits per heavy atom. The van der Waals surface area contributed by atoms with Gasteiger partial charge in [-0.2, -0.15) is 9.97 Å². The third-order valence-corrected chi connectivity index (χ3v) is 7.76. The maximum Gasteiger partial charge on any atom is 0.226 e. The van der Waals surface area contributed by atoms with Crippen molar-refractivity contribution < 1.29 is 4.74 Å².